The van der Waals surface area contributed by atoms with Crippen molar-refractivity contribution in [1.29, 1.82) is 0 Å². The van der Waals surface area contributed by atoms with Crippen LogP contribution < -0.4 is 0 Å². The molecule has 1 fully saturated rings. The van der Waals surface area contributed by atoms with Gasteiger partial charge >= 0.3 is 5.97 Å². The van der Waals surface area contributed by atoms with E-state index in [1.54, 1.807) is 4.90 Å². The quantitative estimate of drug-likeness (QED) is 0.832. The van der Waals surface area contributed by atoms with Crippen LogP contribution in [0, 0.1) is 17.8 Å². The van der Waals surface area contributed by atoms with Crippen LogP contribution in [0.15, 0.2) is 30.3 Å². The van der Waals surface area contributed by atoms with E-state index in [1.807, 2.05) is 37.4 Å². The maximum atomic E-state index is 12.3. The minimum Gasteiger partial charge on any atom is -0.481 e. The van der Waals surface area contributed by atoms with Gasteiger partial charge < -0.3 is 14.9 Å². The topological polar surface area (TPSA) is 60.9 Å². The zero-order chi connectivity index (χ0) is 17.7. The first kappa shape index (κ1) is 18.5. The summed E-state index contributed by atoms with van der Waals surface area (Å²) in [5.41, 5.74) is 1.11. The summed E-state index contributed by atoms with van der Waals surface area (Å²) in [7, 11) is 1.82. The number of benzene rings is 1. The molecule has 0 radical (unpaired) electrons. The second-order valence-electron chi connectivity index (χ2n) is 7.10. The van der Waals surface area contributed by atoms with Gasteiger partial charge in [0.25, 0.3) is 0 Å². The number of nitrogens with zero attached hydrogens (tertiary/aromatic N) is 2. The zero-order valence-electron chi connectivity index (χ0n) is 14.8. The van der Waals surface area contributed by atoms with Gasteiger partial charge in [-0.15, -0.1) is 0 Å². The number of carbonyl (C=O) groups excluding carboxylic acids is 1. The lowest BCUT2D eigenvalue weighted by molar-refractivity contribution is -0.143. The zero-order valence-corrected chi connectivity index (χ0v) is 14.8. The highest BCUT2D eigenvalue weighted by atomic mass is 16.4. The Morgan fingerprint density at radius 2 is 1.92 bits per heavy atom. The molecule has 0 aromatic heterocycles. The number of rotatable bonds is 7. The summed E-state index contributed by atoms with van der Waals surface area (Å²) in [5, 5.41) is 9.38. The molecular weight excluding hydrogens is 304 g/mol. The average molecular weight is 332 g/mol. The molecule has 2 unspecified atom stereocenters. The largest absolute Gasteiger partial charge is 0.481 e. The first-order valence-corrected chi connectivity index (χ1v) is 8.61. The monoisotopic (exact) mass is 332 g/mol. The summed E-state index contributed by atoms with van der Waals surface area (Å²) in [6, 6.07) is 9.92. The third kappa shape index (κ3) is 4.81. The van der Waals surface area contributed by atoms with Crippen molar-refractivity contribution in [3.05, 3.63) is 35.9 Å². The van der Waals surface area contributed by atoms with Gasteiger partial charge in [0.2, 0.25) is 5.91 Å². The van der Waals surface area contributed by atoms with Crippen LogP contribution >= 0.6 is 0 Å². The second-order valence-corrected chi connectivity index (χ2v) is 7.10. The average Bonchev–Trinajstić information content (AvgIpc) is 2.98. The second kappa shape index (κ2) is 8.29. The highest BCUT2D eigenvalue weighted by Gasteiger charge is 2.38. The van der Waals surface area contributed by atoms with Crippen LogP contribution in [0.3, 0.4) is 0 Å². The van der Waals surface area contributed by atoms with Crippen LogP contribution in [0.1, 0.15) is 25.8 Å². The van der Waals surface area contributed by atoms with Gasteiger partial charge in [-0.1, -0.05) is 44.2 Å². The van der Waals surface area contributed by atoms with Gasteiger partial charge in [-0.05, 0) is 17.4 Å². The lowest BCUT2D eigenvalue weighted by atomic mass is 9.86. The predicted molar refractivity (Wildman–Crippen MR) is 93.4 cm³/mol. The van der Waals surface area contributed by atoms with E-state index in [4.69, 9.17) is 0 Å². The van der Waals surface area contributed by atoms with Crippen molar-refractivity contribution < 1.29 is 14.7 Å². The summed E-state index contributed by atoms with van der Waals surface area (Å²) >= 11 is 0. The first-order chi connectivity index (χ1) is 11.4. The number of hydrogen-bond donors (Lipinski definition) is 1. The van der Waals surface area contributed by atoms with Crippen molar-refractivity contribution in [3.8, 4) is 0 Å². The number of carbonyl (C=O) groups is 2. The summed E-state index contributed by atoms with van der Waals surface area (Å²) in [4.78, 5) is 27.6. The molecule has 5 heteroatoms. The molecule has 24 heavy (non-hydrogen) atoms. The summed E-state index contributed by atoms with van der Waals surface area (Å²) in [6.45, 7) is 6.70. The third-order valence-electron chi connectivity index (χ3n) is 4.94. The molecule has 5 nitrogen and oxygen atoms in total. The Kier molecular flexibility index (Phi) is 6.37. The Morgan fingerprint density at radius 3 is 2.46 bits per heavy atom. The van der Waals surface area contributed by atoms with Gasteiger partial charge in [0, 0.05) is 39.6 Å². The summed E-state index contributed by atoms with van der Waals surface area (Å²) < 4.78 is 0. The van der Waals surface area contributed by atoms with Crippen LogP contribution in [0.5, 0.6) is 0 Å². The minimum absolute atomic E-state index is 0.0960. The number of carboxylic acids is 1. The number of aliphatic carboxylic acids is 1. The van der Waals surface area contributed by atoms with Crippen molar-refractivity contribution in [1.82, 2.24) is 9.80 Å². The standard InChI is InChI=1S/C19H28N2O3/c1-14(2)16-12-21(13-17(16)19(23)24)10-9-18(22)20(3)11-15-7-5-4-6-8-15/h4-8,14,16-17H,9-13H2,1-3H3,(H,23,24). The summed E-state index contributed by atoms with van der Waals surface area (Å²) in [6.07, 6.45) is 0.431. The Hall–Kier alpha value is -1.88. The lowest BCUT2D eigenvalue weighted by Gasteiger charge is -2.21. The molecule has 0 bridgehead atoms. The van der Waals surface area contributed by atoms with Gasteiger partial charge in [0.1, 0.15) is 0 Å². The molecule has 0 aliphatic carbocycles. The first-order valence-electron chi connectivity index (χ1n) is 8.61. The lowest BCUT2D eigenvalue weighted by Crippen LogP contribution is -2.31. The molecule has 1 N–H and O–H groups in total. The molecule has 0 spiro atoms. The van der Waals surface area contributed by atoms with Gasteiger partial charge in [-0.3, -0.25) is 9.59 Å². The van der Waals surface area contributed by atoms with Crippen LogP contribution in [0.4, 0.5) is 0 Å². The minimum atomic E-state index is -0.719. The Labute approximate surface area is 144 Å². The molecule has 1 heterocycles. The van der Waals surface area contributed by atoms with Gasteiger partial charge in [0.05, 0.1) is 5.92 Å². The van der Waals surface area contributed by atoms with E-state index in [-0.39, 0.29) is 17.7 Å². The van der Waals surface area contributed by atoms with Crippen molar-refractivity contribution in [3.63, 3.8) is 0 Å². The Balaban J connectivity index is 1.82. The predicted octanol–water partition coefficient (Wildman–Crippen LogP) is 2.32. The van der Waals surface area contributed by atoms with Gasteiger partial charge in [-0.25, -0.2) is 0 Å². The van der Waals surface area contributed by atoms with E-state index in [2.05, 4.69) is 18.7 Å². The molecular formula is C19H28N2O3. The smallest absolute Gasteiger partial charge is 0.308 e. The fourth-order valence-corrected chi connectivity index (χ4v) is 3.42. The number of likely N-dealkylation sites (tertiary alicyclic amines) is 1. The summed E-state index contributed by atoms with van der Waals surface area (Å²) in [5.74, 6) is -0.434. The Bertz CT molecular complexity index is 559. The van der Waals surface area contributed by atoms with Gasteiger partial charge in [-0.2, -0.15) is 0 Å². The van der Waals surface area contributed by atoms with Crippen LogP contribution in [-0.4, -0.2) is 53.5 Å². The maximum Gasteiger partial charge on any atom is 0.308 e. The highest BCUT2D eigenvalue weighted by Crippen LogP contribution is 2.29. The molecule has 1 amide bonds. The fraction of sp³-hybridized carbons (Fsp3) is 0.579. The normalized spacial score (nSPS) is 21.2. The van der Waals surface area contributed by atoms with Crippen molar-refractivity contribution in [2.75, 3.05) is 26.7 Å². The van der Waals surface area contributed by atoms with E-state index in [1.165, 1.54) is 0 Å². The van der Waals surface area contributed by atoms with Crippen LogP contribution in [-0.2, 0) is 16.1 Å². The molecule has 1 aromatic carbocycles. The molecule has 1 saturated heterocycles. The van der Waals surface area contributed by atoms with E-state index in [0.717, 1.165) is 12.1 Å². The molecule has 0 saturated carbocycles. The van der Waals surface area contributed by atoms with Crippen molar-refractivity contribution in [2.45, 2.75) is 26.8 Å². The van der Waals surface area contributed by atoms with E-state index in [0.29, 0.717) is 32.0 Å². The van der Waals surface area contributed by atoms with Crippen LogP contribution in [0.2, 0.25) is 0 Å². The van der Waals surface area contributed by atoms with Gasteiger partial charge in [0.15, 0.2) is 0 Å². The number of carboxylic acid groups (broad SMARTS) is 1. The van der Waals surface area contributed by atoms with E-state index >= 15 is 0 Å². The molecule has 2 atom stereocenters. The molecule has 1 aliphatic rings. The fourth-order valence-electron chi connectivity index (χ4n) is 3.42. The van der Waals surface area contributed by atoms with Crippen LogP contribution in [0.25, 0.3) is 0 Å². The Morgan fingerprint density at radius 1 is 1.25 bits per heavy atom. The number of hydrogen-bond acceptors (Lipinski definition) is 3. The molecule has 2 rings (SSSR count). The van der Waals surface area contributed by atoms with Crippen molar-refractivity contribution in [2.24, 2.45) is 17.8 Å². The highest BCUT2D eigenvalue weighted by molar-refractivity contribution is 5.76. The van der Waals surface area contributed by atoms with E-state index < -0.39 is 5.97 Å². The molecule has 1 aliphatic heterocycles. The van der Waals surface area contributed by atoms with Crippen molar-refractivity contribution >= 4 is 11.9 Å². The SMILES string of the molecule is CC(C)C1CN(CCC(=O)N(C)Cc2ccccc2)CC1C(=O)O. The third-order valence-corrected chi connectivity index (χ3v) is 4.94. The maximum absolute atomic E-state index is 12.3. The van der Waals surface area contributed by atoms with E-state index in [9.17, 15) is 14.7 Å². The molecule has 132 valence electrons. The molecule has 1 aromatic rings. The number of amides is 1.